The third-order valence-electron chi connectivity index (χ3n) is 5.27. The smallest absolute Gasteiger partial charge is 0.407 e. The lowest BCUT2D eigenvalue weighted by molar-refractivity contribution is 0.0195. The Morgan fingerprint density at radius 1 is 1.25 bits per heavy atom. The van der Waals surface area contributed by atoms with Gasteiger partial charge in [0, 0.05) is 6.54 Å². The Hall–Kier alpha value is -2.20. The summed E-state index contributed by atoms with van der Waals surface area (Å²) in [7, 11) is 0. The number of hydrogen-bond acceptors (Lipinski definition) is 3. The number of amides is 1. The van der Waals surface area contributed by atoms with E-state index in [1.165, 1.54) is 5.56 Å². The van der Waals surface area contributed by atoms with Crippen LogP contribution < -0.4 is 5.32 Å². The van der Waals surface area contributed by atoms with Crippen LogP contribution in [0.4, 0.5) is 4.79 Å². The van der Waals surface area contributed by atoms with Crippen molar-refractivity contribution in [1.82, 2.24) is 5.32 Å². The second kappa shape index (κ2) is 8.87. The summed E-state index contributed by atoms with van der Waals surface area (Å²) in [5, 5.41) is 13.2. The van der Waals surface area contributed by atoms with Gasteiger partial charge >= 0.3 is 6.09 Å². The zero-order valence-electron chi connectivity index (χ0n) is 16.5. The maximum atomic E-state index is 12.2. The lowest BCUT2D eigenvalue weighted by atomic mass is 9.86. The molecule has 0 saturated heterocycles. The molecule has 28 heavy (non-hydrogen) atoms. The van der Waals surface area contributed by atoms with Crippen LogP contribution in [0.3, 0.4) is 0 Å². The minimum Gasteiger partial charge on any atom is -0.506 e. The summed E-state index contributed by atoms with van der Waals surface area (Å²) in [6.45, 7) is 4.37. The summed E-state index contributed by atoms with van der Waals surface area (Å²) in [6, 6.07) is 13.4. The Balaban J connectivity index is 1.56. The molecule has 0 bridgehead atoms. The molecule has 1 atom stereocenters. The largest absolute Gasteiger partial charge is 0.506 e. The number of carbonyl (C=O) groups excluding carboxylic acids is 1. The highest BCUT2D eigenvalue weighted by Gasteiger charge is 2.29. The zero-order chi connectivity index (χ0) is 20.1. The normalized spacial score (nSPS) is 16.8. The average molecular weight is 402 g/mol. The summed E-state index contributed by atoms with van der Waals surface area (Å²) in [6.07, 6.45) is 4.32. The van der Waals surface area contributed by atoms with Crippen molar-refractivity contribution in [3.05, 3.63) is 64.2 Å². The van der Waals surface area contributed by atoms with Crippen LogP contribution in [0.1, 0.15) is 49.8 Å². The summed E-state index contributed by atoms with van der Waals surface area (Å²) >= 11 is 6.06. The van der Waals surface area contributed by atoms with Crippen molar-refractivity contribution in [2.75, 3.05) is 0 Å². The lowest BCUT2D eigenvalue weighted by Crippen LogP contribution is -2.36. The molecular weight excluding hydrogens is 374 g/mol. The fourth-order valence-electron chi connectivity index (χ4n) is 4.03. The first-order chi connectivity index (χ1) is 13.3. The van der Waals surface area contributed by atoms with E-state index in [1.807, 2.05) is 50.2 Å². The third kappa shape index (κ3) is 5.65. The minimum absolute atomic E-state index is 0.136. The summed E-state index contributed by atoms with van der Waals surface area (Å²) in [4.78, 5) is 12.2. The Morgan fingerprint density at radius 3 is 2.75 bits per heavy atom. The SMILES string of the molecule is CC(C)(CC1CCCc2cc(Cl)c(O)cc2C1)OC(=O)NCc1ccccc1. The topological polar surface area (TPSA) is 58.6 Å². The average Bonchev–Trinajstić information content (AvgIpc) is 2.82. The molecule has 5 heteroatoms. The fourth-order valence-corrected chi connectivity index (χ4v) is 4.22. The van der Waals surface area contributed by atoms with Gasteiger partial charge in [-0.2, -0.15) is 0 Å². The maximum absolute atomic E-state index is 12.2. The number of hydrogen-bond donors (Lipinski definition) is 2. The summed E-state index contributed by atoms with van der Waals surface area (Å²) in [5.74, 6) is 0.524. The van der Waals surface area contributed by atoms with E-state index in [2.05, 4.69) is 5.32 Å². The Labute approximate surface area is 171 Å². The number of carbonyl (C=O) groups is 1. The fraction of sp³-hybridized carbons (Fsp3) is 0.435. The number of benzene rings is 2. The molecule has 0 aromatic heterocycles. The summed E-state index contributed by atoms with van der Waals surface area (Å²) in [5.41, 5.74) is 2.83. The van der Waals surface area contributed by atoms with Crippen LogP contribution in [0.25, 0.3) is 0 Å². The first kappa shape index (κ1) is 20.5. The van der Waals surface area contributed by atoms with E-state index in [9.17, 15) is 9.90 Å². The molecule has 150 valence electrons. The number of halogens is 1. The van der Waals surface area contributed by atoms with Gasteiger partial charge in [0.2, 0.25) is 0 Å². The predicted octanol–water partition coefficient (Wildman–Crippen LogP) is 5.64. The first-order valence-corrected chi connectivity index (χ1v) is 10.2. The van der Waals surface area contributed by atoms with E-state index in [0.29, 0.717) is 17.5 Å². The highest BCUT2D eigenvalue weighted by Crippen LogP contribution is 2.35. The molecule has 1 aliphatic carbocycles. The van der Waals surface area contributed by atoms with Crippen LogP contribution in [0.5, 0.6) is 5.75 Å². The highest BCUT2D eigenvalue weighted by atomic mass is 35.5. The zero-order valence-corrected chi connectivity index (χ0v) is 17.3. The molecule has 1 unspecified atom stereocenters. The summed E-state index contributed by atoms with van der Waals surface area (Å²) < 4.78 is 5.71. The number of nitrogens with one attached hydrogen (secondary N) is 1. The molecule has 1 aliphatic rings. The second-order valence-corrected chi connectivity index (χ2v) is 8.63. The molecule has 2 aromatic rings. The van der Waals surface area contributed by atoms with Crippen molar-refractivity contribution in [1.29, 1.82) is 0 Å². The number of alkyl carbamates (subject to hydrolysis) is 1. The number of phenolic OH excluding ortho intramolecular Hbond substituents is 1. The van der Waals surface area contributed by atoms with Crippen LogP contribution in [-0.2, 0) is 24.1 Å². The van der Waals surface area contributed by atoms with Crippen LogP contribution in [0.2, 0.25) is 5.02 Å². The maximum Gasteiger partial charge on any atom is 0.407 e. The van der Waals surface area contributed by atoms with Gasteiger partial charge in [0.25, 0.3) is 0 Å². The molecular formula is C23H28ClNO3. The Morgan fingerprint density at radius 2 is 2.00 bits per heavy atom. The van der Waals surface area contributed by atoms with E-state index >= 15 is 0 Å². The molecule has 0 spiro atoms. The van der Waals surface area contributed by atoms with Crippen LogP contribution in [0.15, 0.2) is 42.5 Å². The van der Waals surface area contributed by atoms with Crippen molar-refractivity contribution in [2.24, 2.45) is 5.92 Å². The van der Waals surface area contributed by atoms with Gasteiger partial charge in [0.1, 0.15) is 11.4 Å². The second-order valence-electron chi connectivity index (χ2n) is 8.23. The van der Waals surface area contributed by atoms with Crippen molar-refractivity contribution >= 4 is 17.7 Å². The van der Waals surface area contributed by atoms with E-state index < -0.39 is 11.7 Å². The van der Waals surface area contributed by atoms with Gasteiger partial charge in [-0.3, -0.25) is 0 Å². The van der Waals surface area contributed by atoms with Gasteiger partial charge in [0.05, 0.1) is 5.02 Å². The molecule has 1 amide bonds. The Kier molecular flexibility index (Phi) is 6.50. The highest BCUT2D eigenvalue weighted by molar-refractivity contribution is 6.32. The first-order valence-electron chi connectivity index (χ1n) is 9.83. The number of aryl methyl sites for hydroxylation is 1. The van der Waals surface area contributed by atoms with Crippen molar-refractivity contribution in [3.8, 4) is 5.75 Å². The molecule has 0 fully saturated rings. The standard InChI is InChI=1S/C23H28ClNO3/c1-23(2,28-22(27)25-15-16-7-4-3-5-8-16)14-17-9-6-10-18-12-20(24)21(26)13-19(18)11-17/h3-5,7-8,12-13,17,26H,6,9-11,14-15H2,1-2H3,(H,25,27). The number of rotatable bonds is 5. The predicted molar refractivity (Wildman–Crippen MR) is 112 cm³/mol. The van der Waals surface area contributed by atoms with Gasteiger partial charge in [0.15, 0.2) is 0 Å². The van der Waals surface area contributed by atoms with Gasteiger partial charge in [-0.25, -0.2) is 4.79 Å². The van der Waals surface area contributed by atoms with Gasteiger partial charge in [-0.15, -0.1) is 0 Å². The van der Waals surface area contributed by atoms with Gasteiger partial charge < -0.3 is 15.2 Å². The number of aromatic hydroxyl groups is 1. The Bertz CT molecular complexity index is 820. The minimum atomic E-state index is -0.565. The number of phenols is 1. The van der Waals surface area contributed by atoms with E-state index in [-0.39, 0.29) is 5.75 Å². The molecule has 2 aromatic carbocycles. The van der Waals surface area contributed by atoms with E-state index in [4.69, 9.17) is 16.3 Å². The van der Waals surface area contributed by atoms with Crippen LogP contribution in [0, 0.1) is 5.92 Å². The molecule has 2 N–H and O–H groups in total. The lowest BCUT2D eigenvalue weighted by Gasteiger charge is -2.29. The van der Waals surface area contributed by atoms with Crippen molar-refractivity contribution in [3.63, 3.8) is 0 Å². The van der Waals surface area contributed by atoms with Gasteiger partial charge in [-0.1, -0.05) is 41.9 Å². The monoisotopic (exact) mass is 401 g/mol. The molecule has 0 heterocycles. The van der Waals surface area contributed by atoms with Gasteiger partial charge in [-0.05, 0) is 80.7 Å². The molecule has 3 rings (SSSR count). The molecule has 0 radical (unpaired) electrons. The van der Waals surface area contributed by atoms with Crippen LogP contribution >= 0.6 is 11.6 Å². The van der Waals surface area contributed by atoms with E-state index in [1.54, 1.807) is 6.07 Å². The number of ether oxygens (including phenoxy) is 1. The number of fused-ring (bicyclic) bond motifs is 1. The molecule has 4 nitrogen and oxygen atoms in total. The molecule has 0 saturated carbocycles. The molecule has 0 aliphatic heterocycles. The van der Waals surface area contributed by atoms with E-state index in [0.717, 1.165) is 43.2 Å². The van der Waals surface area contributed by atoms with Crippen molar-refractivity contribution < 1.29 is 14.6 Å². The third-order valence-corrected chi connectivity index (χ3v) is 5.57. The quantitative estimate of drug-likeness (QED) is 0.637. The van der Waals surface area contributed by atoms with Crippen LogP contribution in [-0.4, -0.2) is 16.8 Å². The van der Waals surface area contributed by atoms with Crippen molar-refractivity contribution in [2.45, 2.75) is 58.1 Å².